The zero-order chi connectivity index (χ0) is 17.8. The van der Waals surface area contributed by atoms with Crippen LogP contribution < -0.4 is 16.0 Å². The number of aromatic amines is 1. The largest absolute Gasteiger partial charge is 0.369 e. The van der Waals surface area contributed by atoms with Crippen LogP contribution in [0, 0.1) is 0 Å². The Kier molecular flexibility index (Phi) is 5.80. The average molecular weight is 384 g/mol. The molecule has 9 heteroatoms. The summed E-state index contributed by atoms with van der Waals surface area (Å²) in [7, 11) is 0. The molecule has 1 amide bonds. The predicted octanol–water partition coefficient (Wildman–Crippen LogP) is 2.30. The number of aromatic nitrogens is 2. The number of nitrogens with zero attached hydrogens (tertiary/aromatic N) is 1. The number of halogens is 2. The molecule has 0 radical (unpaired) electrons. The summed E-state index contributed by atoms with van der Waals surface area (Å²) in [5, 5.41) is 26.7. The van der Waals surface area contributed by atoms with E-state index in [0.29, 0.717) is 21.3 Å². The molecule has 1 aromatic carbocycles. The van der Waals surface area contributed by atoms with Gasteiger partial charge in [-0.25, -0.2) is 0 Å². The molecule has 1 saturated heterocycles. The lowest BCUT2D eigenvalue weighted by Crippen LogP contribution is -2.43. The summed E-state index contributed by atoms with van der Waals surface area (Å²) in [6.07, 6.45) is 2.01. The Morgan fingerprint density at radius 3 is 2.64 bits per heavy atom. The number of benzene rings is 1. The van der Waals surface area contributed by atoms with E-state index in [1.54, 1.807) is 18.2 Å². The molecule has 2 aromatic rings. The predicted molar refractivity (Wildman–Crippen MR) is 97.0 cm³/mol. The van der Waals surface area contributed by atoms with Gasteiger partial charge in [0, 0.05) is 21.7 Å². The highest BCUT2D eigenvalue weighted by molar-refractivity contribution is 6.36. The van der Waals surface area contributed by atoms with E-state index in [9.17, 15) is 9.90 Å². The summed E-state index contributed by atoms with van der Waals surface area (Å²) in [6.45, 7) is 1.76. The second-order valence-corrected chi connectivity index (χ2v) is 6.65. The van der Waals surface area contributed by atoms with Crippen LogP contribution in [0.1, 0.15) is 35.1 Å². The highest BCUT2D eigenvalue weighted by atomic mass is 35.5. The van der Waals surface area contributed by atoms with Crippen LogP contribution in [0.4, 0.5) is 5.69 Å². The van der Waals surface area contributed by atoms with Crippen molar-refractivity contribution < 1.29 is 9.90 Å². The lowest BCUT2D eigenvalue weighted by atomic mass is 10.1. The zero-order valence-electron chi connectivity index (χ0n) is 13.4. The fourth-order valence-corrected chi connectivity index (χ4v) is 3.39. The number of hydrogen-bond donors (Lipinski definition) is 5. The number of piperidine rings is 1. The summed E-state index contributed by atoms with van der Waals surface area (Å²) < 4.78 is 0. The second-order valence-electron chi connectivity index (χ2n) is 5.84. The number of anilines is 1. The van der Waals surface area contributed by atoms with E-state index >= 15 is 0 Å². The van der Waals surface area contributed by atoms with Gasteiger partial charge in [0.1, 0.15) is 5.69 Å². The van der Waals surface area contributed by atoms with Crippen molar-refractivity contribution in [2.75, 3.05) is 18.4 Å². The maximum Gasteiger partial charge on any atom is 0.271 e. The number of aliphatic hydroxyl groups excluding tert-OH is 1. The first-order valence-electron chi connectivity index (χ1n) is 7.99. The van der Waals surface area contributed by atoms with E-state index in [1.807, 2.05) is 0 Å². The van der Waals surface area contributed by atoms with Crippen LogP contribution in [0.5, 0.6) is 0 Å². The molecule has 0 bridgehead atoms. The van der Waals surface area contributed by atoms with E-state index in [0.717, 1.165) is 25.9 Å². The summed E-state index contributed by atoms with van der Waals surface area (Å²) >= 11 is 12.2. The van der Waals surface area contributed by atoms with Gasteiger partial charge in [0.05, 0.1) is 11.9 Å². The van der Waals surface area contributed by atoms with Gasteiger partial charge >= 0.3 is 0 Å². The van der Waals surface area contributed by atoms with Crippen LogP contribution in [-0.2, 0) is 0 Å². The molecule has 1 aromatic heterocycles. The Labute approximate surface area is 155 Å². The Morgan fingerprint density at radius 2 is 1.96 bits per heavy atom. The summed E-state index contributed by atoms with van der Waals surface area (Å²) in [6, 6.07) is 5.07. The van der Waals surface area contributed by atoms with Crippen molar-refractivity contribution in [3.05, 3.63) is 45.7 Å². The van der Waals surface area contributed by atoms with Gasteiger partial charge in [-0.1, -0.05) is 29.3 Å². The van der Waals surface area contributed by atoms with Crippen LogP contribution in [0.25, 0.3) is 0 Å². The minimum absolute atomic E-state index is 0.118. The quantitative estimate of drug-likeness (QED) is 0.509. The minimum atomic E-state index is -1.18. The van der Waals surface area contributed by atoms with Gasteiger partial charge in [0.2, 0.25) is 0 Å². The molecule has 134 valence electrons. The third kappa shape index (κ3) is 4.24. The van der Waals surface area contributed by atoms with Crippen molar-refractivity contribution in [3.8, 4) is 0 Å². The lowest BCUT2D eigenvalue weighted by Gasteiger charge is -2.23. The Bertz CT molecular complexity index is 726. The van der Waals surface area contributed by atoms with E-state index in [2.05, 4.69) is 26.1 Å². The maximum atomic E-state index is 12.5. The fourth-order valence-electron chi connectivity index (χ4n) is 2.78. The van der Waals surface area contributed by atoms with Gasteiger partial charge < -0.3 is 21.1 Å². The van der Waals surface area contributed by atoms with Crippen molar-refractivity contribution >= 4 is 34.8 Å². The fraction of sp³-hybridized carbons (Fsp3) is 0.375. The highest BCUT2D eigenvalue weighted by Gasteiger charge is 2.22. The molecular weight excluding hydrogens is 365 g/mol. The number of carbonyl (C=O) groups excluding carboxylic acids is 1. The third-order valence-electron chi connectivity index (χ3n) is 4.11. The van der Waals surface area contributed by atoms with Crippen LogP contribution in [0.3, 0.4) is 0 Å². The molecule has 5 N–H and O–H groups in total. The molecular formula is C16H19Cl2N5O2. The Balaban J connectivity index is 1.72. The topological polar surface area (TPSA) is 102 Å². The molecule has 1 aliphatic rings. The van der Waals surface area contributed by atoms with Crippen LogP contribution in [0.2, 0.25) is 10.0 Å². The van der Waals surface area contributed by atoms with Crippen molar-refractivity contribution in [3.63, 3.8) is 0 Å². The maximum absolute atomic E-state index is 12.5. The smallest absolute Gasteiger partial charge is 0.271 e. The number of rotatable bonds is 5. The third-order valence-corrected chi connectivity index (χ3v) is 4.77. The summed E-state index contributed by atoms with van der Waals surface area (Å²) in [4.78, 5) is 12.5. The average Bonchev–Trinajstić information content (AvgIpc) is 3.04. The van der Waals surface area contributed by atoms with E-state index in [4.69, 9.17) is 23.2 Å². The molecule has 1 unspecified atom stereocenters. The van der Waals surface area contributed by atoms with Crippen molar-refractivity contribution in [2.24, 2.45) is 0 Å². The van der Waals surface area contributed by atoms with Crippen LogP contribution in [-0.4, -0.2) is 40.3 Å². The van der Waals surface area contributed by atoms with E-state index in [-0.39, 0.29) is 17.6 Å². The van der Waals surface area contributed by atoms with Gasteiger partial charge in [-0.15, -0.1) is 0 Å². The van der Waals surface area contributed by atoms with Gasteiger partial charge in [0.25, 0.3) is 5.91 Å². The Hall–Kier alpha value is -1.80. The second kappa shape index (κ2) is 8.05. The molecule has 7 nitrogen and oxygen atoms in total. The molecule has 1 aliphatic heterocycles. The van der Waals surface area contributed by atoms with Crippen LogP contribution >= 0.6 is 23.2 Å². The standard InChI is InChI=1S/C16H19Cl2N5O2/c17-10-2-1-3-11(18)13(10)15(24)22-12-8-20-23-14(12)16(25)21-9-4-6-19-7-5-9/h1-3,8-9,15,19,22,24H,4-7H2,(H,20,23)(H,21,25). The normalized spacial score (nSPS) is 16.4. The molecule has 3 rings (SSSR count). The van der Waals surface area contributed by atoms with Gasteiger partial charge in [-0.05, 0) is 38.1 Å². The molecule has 1 fully saturated rings. The molecule has 0 saturated carbocycles. The van der Waals surface area contributed by atoms with E-state index in [1.165, 1.54) is 6.20 Å². The number of carbonyl (C=O) groups is 1. The number of hydrogen-bond acceptors (Lipinski definition) is 5. The molecule has 0 aliphatic carbocycles. The number of H-pyrrole nitrogens is 1. The SMILES string of the molecule is O=C(NC1CCNCC1)c1[nH]ncc1NC(O)c1c(Cl)cccc1Cl. The van der Waals surface area contributed by atoms with Crippen LogP contribution in [0.15, 0.2) is 24.4 Å². The van der Waals surface area contributed by atoms with E-state index < -0.39 is 6.23 Å². The first-order valence-corrected chi connectivity index (χ1v) is 8.75. The molecule has 2 heterocycles. The summed E-state index contributed by atoms with van der Waals surface area (Å²) in [5.41, 5.74) is 0.965. The minimum Gasteiger partial charge on any atom is -0.369 e. The van der Waals surface area contributed by atoms with Gasteiger partial charge in [-0.3, -0.25) is 9.89 Å². The number of amides is 1. The number of nitrogens with one attached hydrogen (secondary N) is 4. The van der Waals surface area contributed by atoms with Crippen molar-refractivity contribution in [2.45, 2.75) is 25.1 Å². The molecule has 0 spiro atoms. The molecule has 25 heavy (non-hydrogen) atoms. The first kappa shape index (κ1) is 18.0. The van der Waals surface area contributed by atoms with Gasteiger partial charge in [0.15, 0.2) is 6.23 Å². The number of aliphatic hydroxyl groups is 1. The first-order chi connectivity index (χ1) is 12.1. The monoisotopic (exact) mass is 383 g/mol. The zero-order valence-corrected chi connectivity index (χ0v) is 14.9. The lowest BCUT2D eigenvalue weighted by molar-refractivity contribution is 0.0925. The highest BCUT2D eigenvalue weighted by Crippen LogP contribution is 2.31. The molecule has 1 atom stereocenters. The summed E-state index contributed by atoms with van der Waals surface area (Å²) in [5.74, 6) is -0.274. The van der Waals surface area contributed by atoms with Gasteiger partial charge in [-0.2, -0.15) is 5.10 Å². The van der Waals surface area contributed by atoms with Crippen molar-refractivity contribution in [1.29, 1.82) is 0 Å². The van der Waals surface area contributed by atoms with Crippen molar-refractivity contribution in [1.82, 2.24) is 20.8 Å². The Morgan fingerprint density at radius 1 is 1.28 bits per heavy atom.